The highest BCUT2D eigenvalue weighted by atomic mass is 35.5. The first kappa shape index (κ1) is 19.0. The van der Waals surface area contributed by atoms with Gasteiger partial charge in [0.15, 0.2) is 5.76 Å². The Hall–Kier alpha value is -2.76. The van der Waals surface area contributed by atoms with E-state index in [0.29, 0.717) is 39.2 Å². The molecule has 0 unspecified atom stereocenters. The fraction of sp³-hybridized carbons (Fsp3) is 0.100. The summed E-state index contributed by atoms with van der Waals surface area (Å²) >= 11 is 11.9. The molecule has 1 aromatic heterocycles. The van der Waals surface area contributed by atoms with Crippen molar-refractivity contribution in [3.63, 3.8) is 0 Å². The van der Waals surface area contributed by atoms with Crippen LogP contribution in [0.15, 0.2) is 59.0 Å². The van der Waals surface area contributed by atoms with Gasteiger partial charge < -0.3 is 14.5 Å². The maximum atomic E-state index is 12.4. The molecule has 1 amide bonds. The van der Waals surface area contributed by atoms with E-state index in [4.69, 9.17) is 32.4 Å². The van der Waals surface area contributed by atoms with Gasteiger partial charge in [-0.05, 0) is 61.5 Å². The van der Waals surface area contributed by atoms with Crippen LogP contribution in [-0.2, 0) is 4.74 Å². The molecule has 1 heterocycles. The van der Waals surface area contributed by atoms with Gasteiger partial charge in [0.1, 0.15) is 5.76 Å². The van der Waals surface area contributed by atoms with Gasteiger partial charge in [0, 0.05) is 11.3 Å². The summed E-state index contributed by atoms with van der Waals surface area (Å²) in [7, 11) is 0. The van der Waals surface area contributed by atoms with Gasteiger partial charge in [-0.15, -0.1) is 0 Å². The monoisotopic (exact) mass is 403 g/mol. The summed E-state index contributed by atoms with van der Waals surface area (Å²) in [5.74, 6) is -0.181. The molecule has 0 saturated carbocycles. The molecule has 0 spiro atoms. The summed E-state index contributed by atoms with van der Waals surface area (Å²) in [5, 5.41) is 3.55. The van der Waals surface area contributed by atoms with Crippen molar-refractivity contribution < 1.29 is 18.7 Å². The number of hydrogen-bond acceptors (Lipinski definition) is 4. The SMILES string of the molecule is CCOC(=O)c1ccc(NC(=O)c2ccc(-c3ccc(Cl)c(Cl)c3)o2)cc1. The molecule has 138 valence electrons. The highest BCUT2D eigenvalue weighted by molar-refractivity contribution is 6.42. The molecule has 7 heteroatoms. The zero-order chi connectivity index (χ0) is 19.4. The fourth-order valence-electron chi connectivity index (χ4n) is 2.36. The molecule has 3 aromatic rings. The predicted molar refractivity (Wildman–Crippen MR) is 105 cm³/mol. The third-order valence-electron chi connectivity index (χ3n) is 3.69. The average molecular weight is 404 g/mol. The number of furan rings is 1. The van der Waals surface area contributed by atoms with Crippen molar-refractivity contribution in [3.05, 3.63) is 76.0 Å². The van der Waals surface area contributed by atoms with Gasteiger partial charge in [-0.2, -0.15) is 0 Å². The van der Waals surface area contributed by atoms with Crippen LogP contribution in [0.2, 0.25) is 10.0 Å². The molecule has 5 nitrogen and oxygen atoms in total. The second-order valence-electron chi connectivity index (χ2n) is 5.54. The van der Waals surface area contributed by atoms with Crippen molar-refractivity contribution in [2.45, 2.75) is 6.92 Å². The number of anilines is 1. The van der Waals surface area contributed by atoms with Gasteiger partial charge in [-0.25, -0.2) is 4.79 Å². The molecule has 0 aliphatic rings. The lowest BCUT2D eigenvalue weighted by atomic mass is 10.2. The zero-order valence-corrected chi connectivity index (χ0v) is 15.8. The van der Waals surface area contributed by atoms with Crippen molar-refractivity contribution >= 4 is 40.8 Å². The Morgan fingerprint density at radius 3 is 2.41 bits per heavy atom. The number of benzene rings is 2. The number of ether oxygens (including phenoxy) is 1. The van der Waals surface area contributed by atoms with E-state index in [1.165, 1.54) is 0 Å². The van der Waals surface area contributed by atoms with E-state index in [1.807, 2.05) is 0 Å². The van der Waals surface area contributed by atoms with Crippen LogP contribution in [0.5, 0.6) is 0 Å². The van der Waals surface area contributed by atoms with Gasteiger partial charge in [0.25, 0.3) is 5.91 Å². The molecule has 1 N–H and O–H groups in total. The Morgan fingerprint density at radius 1 is 1.00 bits per heavy atom. The molecule has 0 radical (unpaired) electrons. The van der Waals surface area contributed by atoms with E-state index >= 15 is 0 Å². The molecule has 0 saturated heterocycles. The zero-order valence-electron chi connectivity index (χ0n) is 14.3. The maximum absolute atomic E-state index is 12.4. The lowest BCUT2D eigenvalue weighted by molar-refractivity contribution is 0.0526. The predicted octanol–water partition coefficient (Wildman–Crippen LogP) is 5.68. The Bertz CT molecular complexity index is 980. The molecule has 2 aromatic carbocycles. The molecular formula is C20H15Cl2NO4. The Balaban J connectivity index is 1.71. The molecular weight excluding hydrogens is 389 g/mol. The minimum atomic E-state index is -0.412. The Labute approximate surface area is 165 Å². The van der Waals surface area contributed by atoms with E-state index in [0.717, 1.165) is 0 Å². The Morgan fingerprint density at radius 2 is 1.74 bits per heavy atom. The molecule has 27 heavy (non-hydrogen) atoms. The van der Waals surface area contributed by atoms with Crippen LogP contribution in [0.4, 0.5) is 5.69 Å². The first-order valence-corrected chi connectivity index (χ1v) is 8.87. The molecule has 0 atom stereocenters. The number of rotatable bonds is 5. The normalized spacial score (nSPS) is 10.5. The first-order valence-electron chi connectivity index (χ1n) is 8.11. The van der Waals surface area contributed by atoms with Crippen molar-refractivity contribution in [2.24, 2.45) is 0 Å². The minimum Gasteiger partial charge on any atom is -0.462 e. The lowest BCUT2D eigenvalue weighted by Crippen LogP contribution is -2.11. The topological polar surface area (TPSA) is 68.5 Å². The van der Waals surface area contributed by atoms with Gasteiger partial charge in [0.05, 0.1) is 22.2 Å². The third kappa shape index (κ3) is 4.51. The van der Waals surface area contributed by atoms with Crippen molar-refractivity contribution in [2.75, 3.05) is 11.9 Å². The van der Waals surface area contributed by atoms with Gasteiger partial charge in [-0.3, -0.25) is 4.79 Å². The molecule has 0 bridgehead atoms. The van der Waals surface area contributed by atoms with E-state index < -0.39 is 11.9 Å². The van der Waals surface area contributed by atoms with Crippen LogP contribution >= 0.6 is 23.2 Å². The average Bonchev–Trinajstić information content (AvgIpc) is 3.15. The van der Waals surface area contributed by atoms with Crippen molar-refractivity contribution in [1.82, 2.24) is 0 Å². The summed E-state index contributed by atoms with van der Waals surface area (Å²) in [6, 6.07) is 14.7. The number of nitrogens with one attached hydrogen (secondary N) is 1. The van der Waals surface area contributed by atoms with Crippen molar-refractivity contribution in [1.29, 1.82) is 0 Å². The summed E-state index contributed by atoms with van der Waals surface area (Å²) in [6.45, 7) is 2.04. The van der Waals surface area contributed by atoms with E-state index in [2.05, 4.69) is 5.32 Å². The number of amides is 1. The number of carbonyl (C=O) groups excluding carboxylic acids is 2. The van der Waals surface area contributed by atoms with E-state index in [-0.39, 0.29) is 5.76 Å². The number of halogens is 2. The highest BCUT2D eigenvalue weighted by Gasteiger charge is 2.14. The fourth-order valence-corrected chi connectivity index (χ4v) is 2.66. The third-order valence-corrected chi connectivity index (χ3v) is 4.43. The second kappa shape index (κ2) is 8.29. The highest BCUT2D eigenvalue weighted by Crippen LogP contribution is 2.29. The van der Waals surface area contributed by atoms with Crippen LogP contribution in [-0.4, -0.2) is 18.5 Å². The summed E-state index contributed by atoms with van der Waals surface area (Å²) in [6.07, 6.45) is 0. The van der Waals surface area contributed by atoms with E-state index in [1.54, 1.807) is 61.5 Å². The number of esters is 1. The summed E-state index contributed by atoms with van der Waals surface area (Å²) in [5.41, 5.74) is 1.65. The van der Waals surface area contributed by atoms with Crippen molar-refractivity contribution in [3.8, 4) is 11.3 Å². The van der Waals surface area contributed by atoms with E-state index in [9.17, 15) is 9.59 Å². The Kier molecular flexibility index (Phi) is 5.84. The maximum Gasteiger partial charge on any atom is 0.338 e. The van der Waals surface area contributed by atoms with Gasteiger partial charge >= 0.3 is 5.97 Å². The minimum absolute atomic E-state index is 0.144. The lowest BCUT2D eigenvalue weighted by Gasteiger charge is -2.05. The van der Waals surface area contributed by atoms with Gasteiger partial charge in [-0.1, -0.05) is 23.2 Å². The molecule has 0 aliphatic heterocycles. The number of hydrogen-bond donors (Lipinski definition) is 1. The molecule has 0 fully saturated rings. The van der Waals surface area contributed by atoms with Crippen LogP contribution in [0.3, 0.4) is 0 Å². The van der Waals surface area contributed by atoms with Crippen LogP contribution in [0, 0.1) is 0 Å². The summed E-state index contributed by atoms with van der Waals surface area (Å²) in [4.78, 5) is 24.0. The van der Waals surface area contributed by atoms with Crippen LogP contribution < -0.4 is 5.32 Å². The largest absolute Gasteiger partial charge is 0.462 e. The van der Waals surface area contributed by atoms with Crippen LogP contribution in [0.25, 0.3) is 11.3 Å². The number of carbonyl (C=O) groups is 2. The van der Waals surface area contributed by atoms with Crippen LogP contribution in [0.1, 0.15) is 27.8 Å². The smallest absolute Gasteiger partial charge is 0.338 e. The molecule has 3 rings (SSSR count). The second-order valence-corrected chi connectivity index (χ2v) is 6.36. The first-order chi connectivity index (χ1) is 13.0. The van der Waals surface area contributed by atoms with Gasteiger partial charge in [0.2, 0.25) is 0 Å². The molecule has 0 aliphatic carbocycles. The quantitative estimate of drug-likeness (QED) is 0.556. The summed E-state index contributed by atoms with van der Waals surface area (Å²) < 4.78 is 10.5. The standard InChI is InChI=1S/C20H15Cl2NO4/c1-2-26-20(25)12-3-6-14(7-4-12)23-19(24)18-10-9-17(27-18)13-5-8-15(21)16(22)11-13/h3-11H,2H2,1H3,(H,23,24).